The lowest BCUT2D eigenvalue weighted by molar-refractivity contribution is 0.745. The highest BCUT2D eigenvalue weighted by Crippen LogP contribution is 2.47. The van der Waals surface area contributed by atoms with Gasteiger partial charge in [-0.25, -0.2) is 9.97 Å². The zero-order valence-corrected chi connectivity index (χ0v) is 35.1. The van der Waals surface area contributed by atoms with Gasteiger partial charge in [-0.1, -0.05) is 185 Å². The summed E-state index contributed by atoms with van der Waals surface area (Å²) in [5.41, 5.74) is 15.1. The first-order valence-corrected chi connectivity index (χ1v) is 21.4. The van der Waals surface area contributed by atoms with Crippen LogP contribution in [0.5, 0.6) is 0 Å². The van der Waals surface area contributed by atoms with E-state index >= 15 is 0 Å². The number of imidazole rings is 2. The maximum Gasteiger partial charge on any atom is 0.145 e. The van der Waals surface area contributed by atoms with Crippen LogP contribution in [0, 0.1) is 0 Å². The highest BCUT2D eigenvalue weighted by Gasteiger charge is 2.39. The molecule has 2 aromatic heterocycles. The maximum absolute atomic E-state index is 5.47. The van der Waals surface area contributed by atoms with E-state index in [1.807, 2.05) is 0 Å². The molecule has 0 aliphatic carbocycles. The molecule has 0 aliphatic heterocycles. The summed E-state index contributed by atoms with van der Waals surface area (Å²) in [6.07, 6.45) is 0. The van der Waals surface area contributed by atoms with Crippen molar-refractivity contribution in [3.63, 3.8) is 0 Å². The van der Waals surface area contributed by atoms with Crippen molar-refractivity contribution in [2.45, 2.75) is 44.9 Å². The molecule has 0 saturated heterocycles. The van der Waals surface area contributed by atoms with E-state index in [-0.39, 0.29) is 0 Å². The molecule has 0 saturated carbocycles. The van der Waals surface area contributed by atoms with E-state index in [0.717, 1.165) is 61.7 Å². The predicted molar refractivity (Wildman–Crippen MR) is 253 cm³/mol. The highest BCUT2D eigenvalue weighted by molar-refractivity contribution is 5.86. The molecule has 296 valence electrons. The summed E-state index contributed by atoms with van der Waals surface area (Å²) in [6.45, 7) is 9.16. The SMILES string of the molecule is CC(C)c1cccc(C(C)C)c1-n1c(-c2cccc(C(c3ccccc3)(c3ccccc3)c3cccc(-c4nc5ccccc5n4-c4ccccc4)c3)c2)nc2ccccc21. The quantitative estimate of drug-likeness (QED) is 0.129. The van der Waals surface area contributed by atoms with Gasteiger partial charge in [-0.2, -0.15) is 0 Å². The molecule has 8 aromatic carbocycles. The van der Waals surface area contributed by atoms with Crippen LogP contribution in [0.4, 0.5) is 0 Å². The fraction of sp³-hybridized carbons (Fsp3) is 0.123. The molecule has 2 heterocycles. The monoisotopic (exact) mass is 788 g/mol. The van der Waals surface area contributed by atoms with Crippen molar-refractivity contribution in [3.05, 3.63) is 240 Å². The third-order valence-corrected chi connectivity index (χ3v) is 12.2. The van der Waals surface area contributed by atoms with E-state index in [1.54, 1.807) is 0 Å². The Morgan fingerprint density at radius 2 is 0.770 bits per heavy atom. The number of aromatic nitrogens is 4. The Labute approximate surface area is 358 Å². The molecule has 4 heteroatoms. The van der Waals surface area contributed by atoms with Gasteiger partial charge in [0, 0.05) is 16.8 Å². The molecule has 0 radical (unpaired) electrons. The Bertz CT molecular complexity index is 3070. The molecular weight excluding hydrogens is 741 g/mol. The number of hydrogen-bond acceptors (Lipinski definition) is 2. The second-order valence-corrected chi connectivity index (χ2v) is 16.6. The summed E-state index contributed by atoms with van der Waals surface area (Å²) in [7, 11) is 0. The summed E-state index contributed by atoms with van der Waals surface area (Å²) in [5, 5.41) is 0. The molecule has 0 amide bonds. The summed E-state index contributed by atoms with van der Waals surface area (Å²) in [6, 6.07) is 74.4. The second kappa shape index (κ2) is 15.7. The van der Waals surface area contributed by atoms with Gasteiger partial charge in [0.1, 0.15) is 11.6 Å². The lowest BCUT2D eigenvalue weighted by atomic mass is 9.64. The fourth-order valence-electron chi connectivity index (χ4n) is 9.43. The molecule has 61 heavy (non-hydrogen) atoms. The Morgan fingerprint density at radius 3 is 1.26 bits per heavy atom. The van der Waals surface area contributed by atoms with E-state index in [1.165, 1.54) is 27.9 Å². The Morgan fingerprint density at radius 1 is 0.377 bits per heavy atom. The van der Waals surface area contributed by atoms with Crippen LogP contribution in [0.2, 0.25) is 0 Å². The molecule has 0 unspecified atom stereocenters. The Kier molecular flexibility index (Phi) is 9.77. The van der Waals surface area contributed by atoms with E-state index in [9.17, 15) is 0 Å². The zero-order valence-electron chi connectivity index (χ0n) is 35.1. The van der Waals surface area contributed by atoms with Gasteiger partial charge < -0.3 is 0 Å². The Balaban J connectivity index is 1.26. The average molecular weight is 789 g/mol. The summed E-state index contributed by atoms with van der Waals surface area (Å²) in [5.74, 6) is 2.47. The lowest BCUT2D eigenvalue weighted by Gasteiger charge is -2.37. The van der Waals surface area contributed by atoms with Crippen molar-refractivity contribution >= 4 is 22.1 Å². The number of hydrogen-bond donors (Lipinski definition) is 0. The van der Waals surface area contributed by atoms with Crippen molar-refractivity contribution in [1.29, 1.82) is 0 Å². The van der Waals surface area contributed by atoms with Crippen LogP contribution in [0.1, 0.15) is 72.9 Å². The summed E-state index contributed by atoms with van der Waals surface area (Å²) >= 11 is 0. The minimum absolute atomic E-state index is 0.320. The van der Waals surface area contributed by atoms with E-state index in [4.69, 9.17) is 9.97 Å². The average Bonchev–Trinajstić information content (AvgIpc) is 3.90. The van der Waals surface area contributed by atoms with Gasteiger partial charge in [-0.05, 0) is 93.7 Å². The van der Waals surface area contributed by atoms with Crippen LogP contribution < -0.4 is 0 Å². The fourth-order valence-corrected chi connectivity index (χ4v) is 9.43. The second-order valence-electron chi connectivity index (χ2n) is 16.6. The summed E-state index contributed by atoms with van der Waals surface area (Å²) < 4.78 is 4.72. The van der Waals surface area contributed by atoms with Crippen LogP contribution in [0.15, 0.2) is 206 Å². The normalized spacial score (nSPS) is 11.9. The molecule has 10 rings (SSSR count). The van der Waals surface area contributed by atoms with Crippen molar-refractivity contribution in [2.75, 3.05) is 0 Å². The van der Waals surface area contributed by atoms with Gasteiger partial charge in [-0.3, -0.25) is 9.13 Å². The number of para-hydroxylation sites is 6. The van der Waals surface area contributed by atoms with Gasteiger partial charge in [-0.15, -0.1) is 0 Å². The number of nitrogens with zero attached hydrogens (tertiary/aromatic N) is 4. The van der Waals surface area contributed by atoms with Gasteiger partial charge in [0.05, 0.1) is 33.2 Å². The minimum atomic E-state index is -0.714. The molecule has 0 N–H and O–H groups in total. The summed E-state index contributed by atoms with van der Waals surface area (Å²) in [4.78, 5) is 10.8. The highest BCUT2D eigenvalue weighted by atomic mass is 15.1. The van der Waals surface area contributed by atoms with Gasteiger partial charge in [0.2, 0.25) is 0 Å². The molecule has 4 nitrogen and oxygen atoms in total. The van der Waals surface area contributed by atoms with Crippen LogP contribution in [0.25, 0.3) is 56.2 Å². The van der Waals surface area contributed by atoms with Crippen LogP contribution in [-0.4, -0.2) is 19.1 Å². The van der Waals surface area contributed by atoms with E-state index in [0.29, 0.717) is 11.8 Å². The van der Waals surface area contributed by atoms with Gasteiger partial charge in [0.25, 0.3) is 0 Å². The largest absolute Gasteiger partial charge is 0.292 e. The number of rotatable bonds is 10. The predicted octanol–water partition coefficient (Wildman–Crippen LogP) is 14.3. The van der Waals surface area contributed by atoms with Crippen LogP contribution in [0.3, 0.4) is 0 Å². The number of fused-ring (bicyclic) bond motifs is 2. The third kappa shape index (κ3) is 6.47. The van der Waals surface area contributed by atoms with Gasteiger partial charge >= 0.3 is 0 Å². The van der Waals surface area contributed by atoms with Crippen LogP contribution >= 0.6 is 0 Å². The third-order valence-electron chi connectivity index (χ3n) is 12.2. The van der Waals surface area contributed by atoms with E-state index in [2.05, 4.69) is 243 Å². The minimum Gasteiger partial charge on any atom is -0.292 e. The first-order chi connectivity index (χ1) is 29.9. The molecule has 10 aromatic rings. The van der Waals surface area contributed by atoms with Crippen LogP contribution in [-0.2, 0) is 5.41 Å². The standard InChI is InChI=1S/C57H48N4/c1-39(2)48-31-20-32-49(40(3)4)54(48)61-53-36-17-15-34-51(53)59-56(61)42-22-19-28-46(38-42)57(43-23-8-5-9-24-43,44-25-10-6-11-26-44)45-27-18-21-41(37-45)55-58-50-33-14-16-35-52(50)60(55)47-29-12-7-13-30-47/h5-40H,1-4H3. The molecule has 0 bridgehead atoms. The number of benzene rings is 8. The molecule has 0 fully saturated rings. The zero-order chi connectivity index (χ0) is 41.5. The smallest absolute Gasteiger partial charge is 0.145 e. The van der Waals surface area contributed by atoms with Crippen molar-refractivity contribution < 1.29 is 0 Å². The van der Waals surface area contributed by atoms with Gasteiger partial charge in [0.15, 0.2) is 0 Å². The molecule has 0 spiro atoms. The van der Waals surface area contributed by atoms with E-state index < -0.39 is 5.41 Å². The van der Waals surface area contributed by atoms with Crippen molar-refractivity contribution in [2.24, 2.45) is 0 Å². The first-order valence-electron chi connectivity index (χ1n) is 21.4. The molecule has 0 atom stereocenters. The maximum atomic E-state index is 5.47. The topological polar surface area (TPSA) is 35.6 Å². The first kappa shape index (κ1) is 37.9. The van der Waals surface area contributed by atoms with Crippen molar-refractivity contribution in [1.82, 2.24) is 19.1 Å². The lowest BCUT2D eigenvalue weighted by Crippen LogP contribution is -2.31. The molecular formula is C57H48N4. The van der Waals surface area contributed by atoms with Crippen molar-refractivity contribution in [3.8, 4) is 34.2 Å². The Hall–Kier alpha value is -7.30. The molecule has 0 aliphatic rings.